The first-order valence-electron chi connectivity index (χ1n) is 23.3. The molecule has 2 unspecified atom stereocenters. The number of thiophene rings is 1. The Labute approximate surface area is 404 Å². The average molecular weight is 964 g/mol. The molecular formula is C50H61N9O7S2. The highest BCUT2D eigenvalue weighted by Crippen LogP contribution is 2.40. The molecule has 8 rings (SSSR count). The van der Waals surface area contributed by atoms with E-state index < -0.39 is 41.5 Å². The molecule has 3 aliphatic heterocycles. The van der Waals surface area contributed by atoms with Crippen LogP contribution in [0, 0.1) is 33.1 Å². The Bertz CT molecular complexity index is 2690. The first kappa shape index (κ1) is 48.6. The van der Waals surface area contributed by atoms with Gasteiger partial charge in [-0.25, -0.2) is 4.98 Å². The standard InChI is InChI=1S/C50H61N9O7S2/c1-27-30(4)68-49-42(27)43(53-38(24-41(62)63)46-56-55-31(5)59(46)49)33-13-15-35(16-14-33)57-20-17-37(18-21-57)66-22-19-40(61)54-45(50(6,7)8)48(65)58-25-36(60)23-39(58)47(64)52-28(2)32-9-11-34(12-10-32)44-29(3)51-26-67-44/h9-16,26,28,36-39,45,60H,17-25H2,1-8H3,(H,52,64)(H,54,61)(H,62,63)/t28?,36-,38+,39+,45?/m1/s1. The highest BCUT2D eigenvalue weighted by atomic mass is 32.1. The maximum atomic E-state index is 14.2. The third-order valence-electron chi connectivity index (χ3n) is 13.3. The number of anilines is 1. The molecule has 6 heterocycles. The Kier molecular flexibility index (Phi) is 14.3. The SMILES string of the molecule is Cc1ncsc1-c1ccc(C(C)NC(=O)[C@@H]2C[C@@H](O)CN2C(=O)C(NC(=O)CCOC2CCN(c3ccc(C4=N[C@@H](CC(=O)O)c5nnc(C)n5-c5sc(C)c(C)c54)cc3)CC2)C(C)(C)C)cc1. The minimum Gasteiger partial charge on any atom is -0.481 e. The number of β-amino-alcohol motifs (C(OH)–C–C–N with tert-alkyl or cyclic N) is 1. The van der Waals surface area contributed by atoms with Gasteiger partial charge in [0.1, 0.15) is 29.0 Å². The van der Waals surface area contributed by atoms with Crippen LogP contribution in [0.25, 0.3) is 15.4 Å². The largest absolute Gasteiger partial charge is 0.481 e. The van der Waals surface area contributed by atoms with Crippen molar-refractivity contribution < 1.29 is 34.1 Å². The maximum absolute atomic E-state index is 14.2. The van der Waals surface area contributed by atoms with Crippen LogP contribution in [-0.2, 0) is 23.9 Å². The number of aliphatic imine (C=N–C) groups is 1. The number of aryl methyl sites for hydroxylation is 3. The predicted octanol–water partition coefficient (Wildman–Crippen LogP) is 6.80. The van der Waals surface area contributed by atoms with Crippen molar-refractivity contribution in [1.29, 1.82) is 0 Å². The molecule has 5 atom stereocenters. The molecule has 68 heavy (non-hydrogen) atoms. The van der Waals surface area contributed by atoms with Gasteiger partial charge in [0.15, 0.2) is 5.82 Å². The monoisotopic (exact) mass is 963 g/mol. The number of hydrogen-bond donors (Lipinski definition) is 4. The molecule has 0 aliphatic carbocycles. The lowest BCUT2D eigenvalue weighted by molar-refractivity contribution is -0.144. The van der Waals surface area contributed by atoms with Crippen molar-refractivity contribution in [2.24, 2.45) is 10.4 Å². The summed E-state index contributed by atoms with van der Waals surface area (Å²) in [6, 6.07) is 13.4. The van der Waals surface area contributed by atoms with Crippen LogP contribution in [0.15, 0.2) is 59.0 Å². The number of likely N-dealkylation sites (tertiary alicyclic amines) is 1. The zero-order valence-corrected chi connectivity index (χ0v) is 41.5. The van der Waals surface area contributed by atoms with E-state index in [1.807, 2.05) is 88.0 Å². The Morgan fingerprint density at radius 1 is 0.941 bits per heavy atom. The second-order valence-corrected chi connectivity index (χ2v) is 21.3. The minimum absolute atomic E-state index is 0.00647. The second kappa shape index (κ2) is 20.0. The van der Waals surface area contributed by atoms with Crippen LogP contribution >= 0.6 is 22.7 Å². The van der Waals surface area contributed by atoms with Crippen molar-refractivity contribution >= 4 is 57.8 Å². The number of benzene rings is 2. The molecule has 3 aliphatic rings. The fraction of sp³-hybridized carbons (Fsp3) is 0.480. The van der Waals surface area contributed by atoms with Gasteiger partial charge >= 0.3 is 5.97 Å². The van der Waals surface area contributed by atoms with Crippen LogP contribution < -0.4 is 15.5 Å². The number of carboxylic acids is 1. The van der Waals surface area contributed by atoms with Gasteiger partial charge in [0, 0.05) is 54.2 Å². The Hall–Kier alpha value is -5.82. The predicted molar refractivity (Wildman–Crippen MR) is 263 cm³/mol. The highest BCUT2D eigenvalue weighted by molar-refractivity contribution is 7.15. The highest BCUT2D eigenvalue weighted by Gasteiger charge is 2.45. The van der Waals surface area contributed by atoms with E-state index in [0.717, 1.165) is 85.6 Å². The third-order valence-corrected chi connectivity index (χ3v) is 15.5. The van der Waals surface area contributed by atoms with Gasteiger partial charge in [-0.15, -0.1) is 32.9 Å². The van der Waals surface area contributed by atoms with E-state index in [0.29, 0.717) is 11.6 Å². The molecule has 0 bridgehead atoms. The summed E-state index contributed by atoms with van der Waals surface area (Å²) in [5, 5.41) is 36.1. The van der Waals surface area contributed by atoms with Crippen LogP contribution in [0.4, 0.5) is 5.69 Å². The summed E-state index contributed by atoms with van der Waals surface area (Å²) in [4.78, 5) is 68.7. The number of nitrogens with one attached hydrogen (secondary N) is 2. The van der Waals surface area contributed by atoms with Crippen molar-refractivity contribution in [2.45, 2.75) is 124 Å². The molecule has 2 aromatic carbocycles. The van der Waals surface area contributed by atoms with Crippen molar-refractivity contribution in [2.75, 3.05) is 31.1 Å². The zero-order valence-electron chi connectivity index (χ0n) is 39.9. The third kappa shape index (κ3) is 10.3. The van der Waals surface area contributed by atoms with Gasteiger partial charge in [0.05, 0.1) is 53.1 Å². The molecule has 0 spiro atoms. The van der Waals surface area contributed by atoms with E-state index in [2.05, 4.69) is 56.7 Å². The normalized spacial score (nSPS) is 19.4. The number of aliphatic carboxylic acids is 1. The van der Waals surface area contributed by atoms with Crippen molar-refractivity contribution in [1.82, 2.24) is 35.3 Å². The quantitative estimate of drug-likeness (QED) is 0.0912. The molecule has 3 aromatic heterocycles. The van der Waals surface area contributed by atoms with E-state index >= 15 is 0 Å². The van der Waals surface area contributed by atoms with E-state index in [4.69, 9.17) is 9.73 Å². The van der Waals surface area contributed by atoms with Gasteiger partial charge in [-0.3, -0.25) is 28.7 Å². The Balaban J connectivity index is 0.835. The van der Waals surface area contributed by atoms with Crippen molar-refractivity contribution in [3.05, 3.63) is 98.5 Å². The number of carbonyl (C=O) groups is 4. The lowest BCUT2D eigenvalue weighted by Crippen LogP contribution is -2.58. The number of aromatic nitrogens is 4. The molecule has 16 nitrogen and oxygen atoms in total. The first-order valence-corrected chi connectivity index (χ1v) is 25.0. The molecule has 0 radical (unpaired) electrons. The van der Waals surface area contributed by atoms with Crippen LogP contribution in [0.2, 0.25) is 0 Å². The number of aliphatic hydroxyl groups excluding tert-OH is 1. The molecule has 2 fully saturated rings. The molecule has 18 heteroatoms. The maximum Gasteiger partial charge on any atom is 0.306 e. The zero-order chi connectivity index (χ0) is 48.6. The first-order chi connectivity index (χ1) is 32.4. The number of amides is 3. The fourth-order valence-electron chi connectivity index (χ4n) is 9.37. The average Bonchev–Trinajstić information content (AvgIpc) is 4.07. The number of aliphatic hydroxyl groups is 1. The number of thiazole rings is 1. The number of carboxylic acid groups (broad SMARTS) is 1. The van der Waals surface area contributed by atoms with Gasteiger partial charge in [0.25, 0.3) is 0 Å². The van der Waals surface area contributed by atoms with E-state index in [1.165, 1.54) is 4.90 Å². The molecular weight excluding hydrogens is 903 g/mol. The number of nitrogens with zero attached hydrogens (tertiary/aromatic N) is 7. The van der Waals surface area contributed by atoms with Crippen LogP contribution in [0.3, 0.4) is 0 Å². The number of fused-ring (bicyclic) bond motifs is 3. The molecule has 0 saturated carbocycles. The summed E-state index contributed by atoms with van der Waals surface area (Å²) in [7, 11) is 0. The van der Waals surface area contributed by atoms with Gasteiger partial charge in [-0.2, -0.15) is 0 Å². The summed E-state index contributed by atoms with van der Waals surface area (Å²) in [5.41, 5.74) is 8.81. The van der Waals surface area contributed by atoms with E-state index in [9.17, 15) is 29.4 Å². The van der Waals surface area contributed by atoms with Gasteiger partial charge in [-0.05, 0) is 81.7 Å². The molecule has 3 amide bonds. The smallest absolute Gasteiger partial charge is 0.306 e. The van der Waals surface area contributed by atoms with Gasteiger partial charge < -0.3 is 35.4 Å². The molecule has 5 aromatic rings. The van der Waals surface area contributed by atoms with Gasteiger partial charge in [0.2, 0.25) is 17.7 Å². The second-order valence-electron chi connectivity index (χ2n) is 19.2. The lowest BCUT2D eigenvalue weighted by atomic mass is 9.85. The topological polar surface area (TPSA) is 204 Å². The molecule has 360 valence electrons. The lowest BCUT2D eigenvalue weighted by Gasteiger charge is -2.35. The summed E-state index contributed by atoms with van der Waals surface area (Å²) >= 11 is 3.21. The summed E-state index contributed by atoms with van der Waals surface area (Å²) in [6.07, 6.45) is 0.584. The molecule has 4 N–H and O–H groups in total. The van der Waals surface area contributed by atoms with E-state index in [1.54, 1.807) is 22.7 Å². The number of hydrogen-bond acceptors (Lipinski definition) is 13. The van der Waals surface area contributed by atoms with Crippen LogP contribution in [-0.4, -0.2) is 115 Å². The molecule has 2 saturated heterocycles. The Morgan fingerprint density at radius 3 is 2.28 bits per heavy atom. The summed E-state index contributed by atoms with van der Waals surface area (Å²) in [6.45, 7) is 17.2. The van der Waals surface area contributed by atoms with Gasteiger partial charge in [-0.1, -0.05) is 57.2 Å². The van der Waals surface area contributed by atoms with Crippen LogP contribution in [0.1, 0.15) is 116 Å². The van der Waals surface area contributed by atoms with Crippen molar-refractivity contribution in [3.63, 3.8) is 0 Å². The van der Waals surface area contributed by atoms with E-state index in [-0.39, 0.29) is 56.4 Å². The number of ether oxygens (including phenoxy) is 1. The fourth-order valence-corrected chi connectivity index (χ4v) is 11.4. The summed E-state index contributed by atoms with van der Waals surface area (Å²) in [5.74, 6) is -0.844. The number of rotatable bonds is 14. The summed E-state index contributed by atoms with van der Waals surface area (Å²) < 4.78 is 8.17. The minimum atomic E-state index is -0.958. The van der Waals surface area contributed by atoms with Crippen molar-refractivity contribution in [3.8, 4) is 15.4 Å². The number of carbonyl (C=O) groups excluding carboxylic acids is 3. The number of piperidine rings is 1. The van der Waals surface area contributed by atoms with Crippen LogP contribution in [0.5, 0.6) is 0 Å². The Morgan fingerprint density at radius 2 is 1.63 bits per heavy atom.